The summed E-state index contributed by atoms with van der Waals surface area (Å²) in [5.74, 6) is 2.54. The van der Waals surface area contributed by atoms with Crippen LogP contribution in [0.3, 0.4) is 0 Å². The third-order valence-electron chi connectivity index (χ3n) is 3.44. The Bertz CT molecular complexity index is 682. The maximum Gasteiger partial charge on any atom is 0.135 e. The minimum absolute atomic E-state index is 0.184. The molecule has 0 spiro atoms. The van der Waals surface area contributed by atoms with Gasteiger partial charge in [0.15, 0.2) is 0 Å². The summed E-state index contributed by atoms with van der Waals surface area (Å²) in [4.78, 5) is 8.66. The molecule has 0 aliphatic heterocycles. The Morgan fingerprint density at radius 3 is 2.87 bits per heavy atom. The molecule has 1 fully saturated rings. The third kappa shape index (κ3) is 4.80. The van der Waals surface area contributed by atoms with Gasteiger partial charge in [-0.2, -0.15) is 0 Å². The Morgan fingerprint density at radius 1 is 1.35 bits per heavy atom. The zero-order valence-corrected chi connectivity index (χ0v) is 14.7. The molecule has 3 rings (SSSR count). The Labute approximate surface area is 148 Å². The van der Waals surface area contributed by atoms with Gasteiger partial charge in [-0.1, -0.05) is 23.7 Å². The molecule has 0 bridgehead atoms. The van der Waals surface area contributed by atoms with E-state index in [1.807, 2.05) is 24.3 Å². The molecule has 5 nitrogen and oxygen atoms in total. The predicted octanol–water partition coefficient (Wildman–Crippen LogP) is 3.62. The van der Waals surface area contributed by atoms with Gasteiger partial charge >= 0.3 is 0 Å². The molecule has 0 amide bonds. The normalized spacial score (nSPS) is 15.3. The van der Waals surface area contributed by atoms with E-state index < -0.39 is 6.10 Å². The molecule has 23 heavy (non-hydrogen) atoms. The van der Waals surface area contributed by atoms with Crippen molar-refractivity contribution in [2.24, 2.45) is 0 Å². The van der Waals surface area contributed by atoms with E-state index in [0.717, 1.165) is 23.1 Å². The molecule has 1 aromatic carbocycles. The molecule has 1 aromatic heterocycles. The van der Waals surface area contributed by atoms with E-state index in [1.54, 1.807) is 6.07 Å². The lowest BCUT2D eigenvalue weighted by atomic mass is 10.3. The Morgan fingerprint density at radius 2 is 2.13 bits per heavy atom. The van der Waals surface area contributed by atoms with Gasteiger partial charge < -0.3 is 15.2 Å². The summed E-state index contributed by atoms with van der Waals surface area (Å²) in [5.41, 5.74) is 0. The minimum Gasteiger partial charge on any atom is -0.490 e. The highest BCUT2D eigenvalue weighted by molar-refractivity contribution is 9.10. The molecule has 0 saturated heterocycles. The summed E-state index contributed by atoms with van der Waals surface area (Å²) in [6.07, 6.45) is 1.56. The van der Waals surface area contributed by atoms with Gasteiger partial charge in [-0.25, -0.2) is 9.97 Å². The average molecular weight is 399 g/mol. The highest BCUT2D eigenvalue weighted by Gasteiger charge is 2.27. The van der Waals surface area contributed by atoms with Gasteiger partial charge in [0, 0.05) is 18.5 Å². The van der Waals surface area contributed by atoms with E-state index in [9.17, 15) is 5.11 Å². The van der Waals surface area contributed by atoms with E-state index in [4.69, 9.17) is 16.3 Å². The fourth-order valence-electron chi connectivity index (χ4n) is 2.08. The van der Waals surface area contributed by atoms with Gasteiger partial charge in [0.25, 0.3) is 0 Å². The molecule has 0 radical (unpaired) electrons. The number of nitrogens with zero attached hydrogens (tertiary/aromatic N) is 2. The topological polar surface area (TPSA) is 67.3 Å². The van der Waals surface area contributed by atoms with Gasteiger partial charge in [0.2, 0.25) is 0 Å². The van der Waals surface area contributed by atoms with Crippen LogP contribution in [0, 0.1) is 0 Å². The maximum atomic E-state index is 10.0. The molecular formula is C16H17BrClN3O2. The zero-order chi connectivity index (χ0) is 16.2. The molecule has 1 aliphatic rings. The number of aromatic nitrogens is 2. The number of anilines is 1. The largest absolute Gasteiger partial charge is 0.490 e. The molecule has 2 aromatic rings. The van der Waals surface area contributed by atoms with Crippen LogP contribution in [0.15, 0.2) is 34.8 Å². The van der Waals surface area contributed by atoms with Gasteiger partial charge in [-0.05, 0) is 40.9 Å². The van der Waals surface area contributed by atoms with E-state index in [2.05, 4.69) is 31.2 Å². The smallest absolute Gasteiger partial charge is 0.135 e. The summed E-state index contributed by atoms with van der Waals surface area (Å²) in [7, 11) is 0. The van der Waals surface area contributed by atoms with E-state index in [0.29, 0.717) is 29.2 Å². The van der Waals surface area contributed by atoms with Crippen molar-refractivity contribution in [1.29, 1.82) is 0 Å². The standard InChI is InChI=1S/C16H17BrClN3O2/c17-12-3-1-2-4-13(12)23-9-11(22)8-19-15-7-14(18)20-16(21-15)10-5-6-10/h1-4,7,10-11,22H,5-6,8-9H2,(H,19,20,21). The number of benzene rings is 1. The van der Waals surface area contributed by atoms with Crippen molar-refractivity contribution in [3.63, 3.8) is 0 Å². The molecule has 1 unspecified atom stereocenters. The summed E-state index contributed by atoms with van der Waals surface area (Å²) in [5, 5.41) is 13.5. The van der Waals surface area contributed by atoms with Crippen LogP contribution in [0.4, 0.5) is 5.82 Å². The van der Waals surface area contributed by atoms with Crippen LogP contribution in [-0.4, -0.2) is 34.3 Å². The third-order valence-corrected chi connectivity index (χ3v) is 4.29. The molecule has 1 saturated carbocycles. The molecule has 7 heteroatoms. The maximum absolute atomic E-state index is 10.0. The number of halogens is 2. The van der Waals surface area contributed by atoms with Crippen molar-refractivity contribution in [2.75, 3.05) is 18.5 Å². The Kier molecular flexibility index (Phi) is 5.35. The second-order valence-electron chi connectivity index (χ2n) is 5.48. The summed E-state index contributed by atoms with van der Waals surface area (Å²) in [6, 6.07) is 9.19. The van der Waals surface area contributed by atoms with Crippen LogP contribution in [0.2, 0.25) is 5.15 Å². The lowest BCUT2D eigenvalue weighted by Crippen LogP contribution is -2.26. The summed E-state index contributed by atoms with van der Waals surface area (Å²) >= 11 is 9.42. The number of hydrogen-bond acceptors (Lipinski definition) is 5. The number of nitrogens with one attached hydrogen (secondary N) is 1. The van der Waals surface area contributed by atoms with Crippen LogP contribution in [0.1, 0.15) is 24.6 Å². The molecule has 2 N–H and O–H groups in total. The van der Waals surface area contributed by atoms with Gasteiger partial charge in [0.05, 0.1) is 4.47 Å². The predicted molar refractivity (Wildman–Crippen MR) is 93.2 cm³/mol. The van der Waals surface area contributed by atoms with Crippen LogP contribution in [0.25, 0.3) is 0 Å². The van der Waals surface area contributed by atoms with Crippen LogP contribution in [-0.2, 0) is 0 Å². The fourth-order valence-corrected chi connectivity index (χ4v) is 2.67. The quantitative estimate of drug-likeness (QED) is 0.697. The van der Waals surface area contributed by atoms with E-state index in [-0.39, 0.29) is 6.61 Å². The van der Waals surface area contributed by atoms with Crippen molar-refractivity contribution < 1.29 is 9.84 Å². The first-order valence-corrected chi connectivity index (χ1v) is 8.62. The second-order valence-corrected chi connectivity index (χ2v) is 6.73. The summed E-state index contributed by atoms with van der Waals surface area (Å²) in [6.45, 7) is 0.506. The first kappa shape index (κ1) is 16.5. The Balaban J connectivity index is 1.51. The minimum atomic E-state index is -0.666. The molecule has 122 valence electrons. The molecular weight excluding hydrogens is 382 g/mol. The zero-order valence-electron chi connectivity index (χ0n) is 12.4. The number of rotatable bonds is 7. The second kappa shape index (κ2) is 7.47. The highest BCUT2D eigenvalue weighted by atomic mass is 79.9. The Hall–Kier alpha value is -1.37. The van der Waals surface area contributed by atoms with Gasteiger partial charge in [-0.3, -0.25) is 0 Å². The van der Waals surface area contributed by atoms with E-state index in [1.165, 1.54) is 0 Å². The van der Waals surface area contributed by atoms with Crippen molar-refractivity contribution >= 4 is 33.3 Å². The number of para-hydroxylation sites is 1. The van der Waals surface area contributed by atoms with Crippen molar-refractivity contribution in [3.8, 4) is 5.75 Å². The fraction of sp³-hybridized carbons (Fsp3) is 0.375. The molecule has 1 atom stereocenters. The van der Waals surface area contributed by atoms with Crippen molar-refractivity contribution in [3.05, 3.63) is 45.8 Å². The first-order chi connectivity index (χ1) is 11.1. The highest BCUT2D eigenvalue weighted by Crippen LogP contribution is 2.38. The number of ether oxygens (including phenoxy) is 1. The monoisotopic (exact) mass is 397 g/mol. The van der Waals surface area contributed by atoms with Crippen LogP contribution >= 0.6 is 27.5 Å². The lowest BCUT2D eigenvalue weighted by molar-refractivity contribution is 0.117. The molecule has 1 heterocycles. The van der Waals surface area contributed by atoms with Gasteiger partial charge in [-0.15, -0.1) is 0 Å². The van der Waals surface area contributed by atoms with Crippen molar-refractivity contribution in [2.45, 2.75) is 24.9 Å². The summed E-state index contributed by atoms with van der Waals surface area (Å²) < 4.78 is 6.45. The van der Waals surface area contributed by atoms with Crippen LogP contribution in [0.5, 0.6) is 5.75 Å². The number of aliphatic hydroxyl groups is 1. The SMILES string of the molecule is OC(CNc1cc(Cl)nc(C2CC2)n1)COc1ccccc1Br. The number of hydrogen-bond donors (Lipinski definition) is 2. The first-order valence-electron chi connectivity index (χ1n) is 7.45. The lowest BCUT2D eigenvalue weighted by Gasteiger charge is -2.14. The molecule has 1 aliphatic carbocycles. The van der Waals surface area contributed by atoms with Crippen LogP contribution < -0.4 is 10.1 Å². The number of aliphatic hydroxyl groups excluding tert-OH is 1. The average Bonchev–Trinajstić information content (AvgIpc) is 3.36. The van der Waals surface area contributed by atoms with Crippen molar-refractivity contribution in [1.82, 2.24) is 9.97 Å². The van der Waals surface area contributed by atoms with E-state index >= 15 is 0 Å². The van der Waals surface area contributed by atoms with Gasteiger partial charge in [0.1, 0.15) is 35.3 Å².